The number of benzene rings is 1. The van der Waals surface area contributed by atoms with Crippen molar-refractivity contribution < 1.29 is 4.79 Å². The minimum Gasteiger partial charge on any atom is -0.373 e. The molecule has 4 heteroatoms. The zero-order chi connectivity index (χ0) is 14.8. The van der Waals surface area contributed by atoms with Crippen LogP contribution >= 0.6 is 0 Å². The third-order valence-electron chi connectivity index (χ3n) is 4.91. The van der Waals surface area contributed by atoms with Crippen LogP contribution in [-0.4, -0.2) is 54.0 Å². The number of hydrogen-bond acceptors (Lipinski definition) is 3. The summed E-state index contributed by atoms with van der Waals surface area (Å²) in [7, 11) is 0. The molecule has 0 saturated carbocycles. The normalized spacial score (nSPS) is 23.5. The van der Waals surface area contributed by atoms with Gasteiger partial charge in [-0.3, -0.25) is 9.69 Å². The van der Waals surface area contributed by atoms with Crippen LogP contribution in [0.2, 0.25) is 0 Å². The molecule has 2 atom stereocenters. The van der Waals surface area contributed by atoms with E-state index < -0.39 is 0 Å². The first-order valence-corrected chi connectivity index (χ1v) is 8.06. The van der Waals surface area contributed by atoms with Crippen molar-refractivity contribution in [3.63, 3.8) is 0 Å². The van der Waals surface area contributed by atoms with Crippen LogP contribution < -0.4 is 5.32 Å². The first-order chi connectivity index (χ1) is 10.2. The lowest BCUT2D eigenvalue weighted by Gasteiger charge is -2.38. The van der Waals surface area contributed by atoms with E-state index >= 15 is 0 Å². The van der Waals surface area contributed by atoms with Gasteiger partial charge in [0, 0.05) is 44.3 Å². The van der Waals surface area contributed by atoms with Gasteiger partial charge in [-0.15, -0.1) is 0 Å². The fourth-order valence-electron chi connectivity index (χ4n) is 3.31. The van der Waals surface area contributed by atoms with Crippen molar-refractivity contribution in [2.75, 3.05) is 31.5 Å². The van der Waals surface area contributed by atoms with Crippen LogP contribution in [0.4, 0.5) is 5.69 Å². The van der Waals surface area contributed by atoms with Gasteiger partial charge in [-0.2, -0.15) is 0 Å². The Bertz CT molecular complexity index is 484. The standard InChI is InChI=1S/C17H25N3O/c1-3-13(2)19-8-10-20(11-9-19)17(21)16-12-14-6-4-5-7-15(14)18-16/h4-7,13,16,18H,3,8-12H2,1-2H3/t13?,16-/m0/s1. The Morgan fingerprint density at radius 2 is 2.00 bits per heavy atom. The van der Waals surface area contributed by atoms with Gasteiger partial charge in [-0.1, -0.05) is 25.1 Å². The van der Waals surface area contributed by atoms with Gasteiger partial charge in [-0.05, 0) is 25.0 Å². The van der Waals surface area contributed by atoms with E-state index in [4.69, 9.17) is 0 Å². The smallest absolute Gasteiger partial charge is 0.245 e. The molecule has 0 aromatic heterocycles. The minimum absolute atomic E-state index is 0.0717. The van der Waals surface area contributed by atoms with Crippen molar-refractivity contribution in [2.24, 2.45) is 0 Å². The number of carbonyl (C=O) groups is 1. The molecule has 21 heavy (non-hydrogen) atoms. The Labute approximate surface area is 127 Å². The fraction of sp³-hybridized carbons (Fsp3) is 0.588. The Kier molecular flexibility index (Phi) is 4.15. The maximum Gasteiger partial charge on any atom is 0.245 e. The minimum atomic E-state index is -0.0717. The third kappa shape index (κ3) is 2.91. The van der Waals surface area contributed by atoms with E-state index in [2.05, 4.69) is 36.2 Å². The van der Waals surface area contributed by atoms with Crippen molar-refractivity contribution in [1.29, 1.82) is 0 Å². The van der Waals surface area contributed by atoms with Gasteiger partial charge < -0.3 is 10.2 Å². The third-order valence-corrected chi connectivity index (χ3v) is 4.91. The molecule has 1 unspecified atom stereocenters. The Morgan fingerprint density at radius 3 is 2.67 bits per heavy atom. The molecule has 1 aromatic rings. The molecular formula is C17H25N3O. The molecule has 1 aromatic carbocycles. The molecular weight excluding hydrogens is 262 g/mol. The molecule has 1 amide bonds. The SMILES string of the molecule is CCC(C)N1CCN(C(=O)[C@@H]2Cc3ccccc3N2)CC1. The Morgan fingerprint density at radius 1 is 1.29 bits per heavy atom. The summed E-state index contributed by atoms with van der Waals surface area (Å²) >= 11 is 0. The summed E-state index contributed by atoms with van der Waals surface area (Å²) in [6.07, 6.45) is 1.99. The van der Waals surface area contributed by atoms with Crippen molar-refractivity contribution in [1.82, 2.24) is 9.80 Å². The number of anilines is 1. The summed E-state index contributed by atoms with van der Waals surface area (Å²) in [4.78, 5) is 17.2. The molecule has 1 saturated heterocycles. The van der Waals surface area contributed by atoms with Crippen molar-refractivity contribution in [3.8, 4) is 0 Å². The van der Waals surface area contributed by atoms with Crippen LogP contribution in [0.15, 0.2) is 24.3 Å². The maximum atomic E-state index is 12.7. The molecule has 2 aliphatic rings. The van der Waals surface area contributed by atoms with Crippen LogP contribution in [0.1, 0.15) is 25.8 Å². The van der Waals surface area contributed by atoms with E-state index in [0.29, 0.717) is 6.04 Å². The highest BCUT2D eigenvalue weighted by atomic mass is 16.2. The molecule has 0 bridgehead atoms. The van der Waals surface area contributed by atoms with Gasteiger partial charge in [-0.25, -0.2) is 0 Å². The van der Waals surface area contributed by atoms with Gasteiger partial charge in [0.1, 0.15) is 6.04 Å². The number of rotatable bonds is 3. The van der Waals surface area contributed by atoms with Gasteiger partial charge >= 0.3 is 0 Å². The van der Waals surface area contributed by atoms with Crippen molar-refractivity contribution in [2.45, 2.75) is 38.8 Å². The molecule has 4 nitrogen and oxygen atoms in total. The summed E-state index contributed by atoms with van der Waals surface area (Å²) in [5.41, 5.74) is 2.38. The average molecular weight is 287 g/mol. The Hall–Kier alpha value is -1.55. The van der Waals surface area contributed by atoms with Gasteiger partial charge in [0.25, 0.3) is 0 Å². The number of nitrogens with zero attached hydrogens (tertiary/aromatic N) is 2. The van der Waals surface area contributed by atoms with E-state index in [-0.39, 0.29) is 11.9 Å². The van der Waals surface area contributed by atoms with E-state index in [1.165, 1.54) is 12.0 Å². The van der Waals surface area contributed by atoms with E-state index in [9.17, 15) is 4.79 Å². The first kappa shape index (κ1) is 14.4. The first-order valence-electron chi connectivity index (χ1n) is 8.06. The molecule has 2 heterocycles. The molecule has 0 spiro atoms. The highest BCUT2D eigenvalue weighted by Crippen LogP contribution is 2.26. The number of nitrogens with one attached hydrogen (secondary N) is 1. The van der Waals surface area contributed by atoms with E-state index in [1.807, 2.05) is 17.0 Å². The molecule has 0 radical (unpaired) electrons. The predicted molar refractivity (Wildman–Crippen MR) is 85.5 cm³/mol. The lowest BCUT2D eigenvalue weighted by atomic mass is 10.1. The Balaban J connectivity index is 1.56. The van der Waals surface area contributed by atoms with Crippen LogP contribution in [0.3, 0.4) is 0 Å². The summed E-state index contributed by atoms with van der Waals surface area (Å²) in [6.45, 7) is 8.21. The van der Waals surface area contributed by atoms with Crippen molar-refractivity contribution in [3.05, 3.63) is 29.8 Å². The molecule has 0 aliphatic carbocycles. The molecule has 1 N–H and O–H groups in total. The topological polar surface area (TPSA) is 35.6 Å². The number of para-hydroxylation sites is 1. The molecule has 2 aliphatic heterocycles. The number of fused-ring (bicyclic) bond motifs is 1. The van der Waals surface area contributed by atoms with Crippen LogP contribution in [-0.2, 0) is 11.2 Å². The number of piperazine rings is 1. The second kappa shape index (κ2) is 6.06. The lowest BCUT2D eigenvalue weighted by molar-refractivity contribution is -0.133. The van der Waals surface area contributed by atoms with Crippen LogP contribution in [0.25, 0.3) is 0 Å². The van der Waals surface area contributed by atoms with Crippen molar-refractivity contribution >= 4 is 11.6 Å². The zero-order valence-electron chi connectivity index (χ0n) is 13.0. The lowest BCUT2D eigenvalue weighted by Crippen LogP contribution is -2.54. The number of hydrogen-bond donors (Lipinski definition) is 1. The maximum absolute atomic E-state index is 12.7. The second-order valence-corrected chi connectivity index (χ2v) is 6.18. The van der Waals surface area contributed by atoms with E-state index in [0.717, 1.165) is 38.3 Å². The molecule has 3 rings (SSSR count). The molecule has 114 valence electrons. The summed E-state index contributed by atoms with van der Waals surface area (Å²) in [6, 6.07) is 8.77. The highest BCUT2D eigenvalue weighted by Gasteiger charge is 2.32. The zero-order valence-corrected chi connectivity index (χ0v) is 13.0. The summed E-state index contributed by atoms with van der Waals surface area (Å²) in [5.74, 6) is 0.259. The second-order valence-electron chi connectivity index (χ2n) is 6.18. The number of amides is 1. The van der Waals surface area contributed by atoms with E-state index in [1.54, 1.807) is 0 Å². The predicted octanol–water partition coefficient (Wildman–Crippen LogP) is 1.97. The van der Waals surface area contributed by atoms with Gasteiger partial charge in [0.2, 0.25) is 5.91 Å². The fourth-order valence-corrected chi connectivity index (χ4v) is 3.31. The quantitative estimate of drug-likeness (QED) is 0.923. The van der Waals surface area contributed by atoms with Crippen LogP contribution in [0, 0.1) is 0 Å². The summed E-state index contributed by atoms with van der Waals surface area (Å²) < 4.78 is 0. The average Bonchev–Trinajstić information content (AvgIpc) is 2.97. The largest absolute Gasteiger partial charge is 0.373 e. The summed E-state index contributed by atoms with van der Waals surface area (Å²) in [5, 5.41) is 3.37. The highest BCUT2D eigenvalue weighted by molar-refractivity contribution is 5.87. The molecule has 1 fully saturated rings. The van der Waals surface area contributed by atoms with Gasteiger partial charge in [0.05, 0.1) is 0 Å². The number of carbonyl (C=O) groups excluding carboxylic acids is 1. The monoisotopic (exact) mass is 287 g/mol. The van der Waals surface area contributed by atoms with Gasteiger partial charge in [0.15, 0.2) is 0 Å². The van der Waals surface area contributed by atoms with Crippen LogP contribution in [0.5, 0.6) is 0 Å².